The number of benzene rings is 10. The minimum Gasteiger partial charge on any atom is -0.318 e. The Labute approximate surface area is 386 Å². The van der Waals surface area contributed by atoms with Crippen molar-refractivity contribution in [3.63, 3.8) is 0 Å². The third-order valence-corrected chi connectivity index (χ3v) is 13.1. The van der Waals surface area contributed by atoms with Crippen molar-refractivity contribution >= 4 is 49.3 Å². The molecule has 0 aliphatic rings. The van der Waals surface area contributed by atoms with E-state index in [0.717, 1.165) is 93.7 Å². The SMILES string of the molecule is [C-]#[N+]c1c(F)c(C#N)c(-n2c3ccc(-c4ccccc4)cc3c3cc(-c4ccccc4)ccc32)c(-c2ccccc2)c1-n1c2ccc(-c3ccccc3)cc2c2cc(-c3ccccc3)ccc21. The van der Waals surface area contributed by atoms with Crippen LogP contribution in [0.1, 0.15) is 5.56 Å². The first-order chi connectivity index (χ1) is 33.1. The molecular weight excluding hydrogens is 820 g/mol. The summed E-state index contributed by atoms with van der Waals surface area (Å²) in [5.41, 5.74) is 13.2. The summed E-state index contributed by atoms with van der Waals surface area (Å²) >= 11 is 0. The smallest absolute Gasteiger partial charge is 0.247 e. The molecule has 0 saturated heterocycles. The predicted molar refractivity (Wildman–Crippen MR) is 273 cm³/mol. The van der Waals surface area contributed by atoms with E-state index in [1.807, 2.05) is 112 Å². The van der Waals surface area contributed by atoms with Gasteiger partial charge >= 0.3 is 0 Å². The standard InChI is InChI=1S/C62H37FN4/c1-65-60-59(63)53(39-64)61(66-54-31-27-45(40-17-7-2-8-18-40)35-49(54)50-36-46(28-32-55(50)66)41-19-9-3-10-20-41)58(44-25-15-6-16-26-44)62(60)67-56-33-29-47(42-21-11-4-12-22-42)37-51(56)52-38-48(30-34-57(52)67)43-23-13-5-14-24-43/h2-38H. The van der Waals surface area contributed by atoms with E-state index < -0.39 is 5.82 Å². The van der Waals surface area contributed by atoms with Crippen molar-refractivity contribution in [3.05, 3.63) is 247 Å². The molecule has 0 aliphatic heterocycles. The van der Waals surface area contributed by atoms with Crippen LogP contribution in [0.3, 0.4) is 0 Å². The van der Waals surface area contributed by atoms with E-state index >= 15 is 4.39 Å². The third-order valence-electron chi connectivity index (χ3n) is 13.1. The molecule has 0 amide bonds. The molecule has 0 radical (unpaired) electrons. The second kappa shape index (κ2) is 16.1. The van der Waals surface area contributed by atoms with Crippen LogP contribution in [0.5, 0.6) is 0 Å². The summed E-state index contributed by atoms with van der Waals surface area (Å²) in [4.78, 5) is 4.00. The Hall–Kier alpha value is -9.29. The number of nitrogens with zero attached hydrogens (tertiary/aromatic N) is 4. The summed E-state index contributed by atoms with van der Waals surface area (Å²) in [5.74, 6) is -0.865. The molecule has 0 unspecified atom stereocenters. The van der Waals surface area contributed by atoms with Crippen molar-refractivity contribution in [2.75, 3.05) is 0 Å². The predicted octanol–water partition coefficient (Wildman–Crippen LogP) is 16.8. The average Bonchev–Trinajstić information content (AvgIpc) is 3.90. The lowest BCUT2D eigenvalue weighted by molar-refractivity contribution is 0.628. The number of hydrogen-bond acceptors (Lipinski definition) is 1. The van der Waals surface area contributed by atoms with Gasteiger partial charge in [-0.05, 0) is 98.6 Å². The van der Waals surface area contributed by atoms with Crippen LogP contribution >= 0.6 is 0 Å². The Morgan fingerprint density at radius 2 is 0.672 bits per heavy atom. The zero-order valence-corrected chi connectivity index (χ0v) is 36.0. The van der Waals surface area contributed by atoms with Crippen LogP contribution in [0.2, 0.25) is 0 Å². The highest BCUT2D eigenvalue weighted by Crippen LogP contribution is 2.50. The Morgan fingerprint density at radius 1 is 0.373 bits per heavy atom. The molecule has 0 N–H and O–H groups in total. The molecular formula is C62H37FN4. The van der Waals surface area contributed by atoms with Gasteiger partial charge in [-0.3, -0.25) is 0 Å². The lowest BCUT2D eigenvalue weighted by atomic mass is 9.95. The Kier molecular flexibility index (Phi) is 9.42. The first-order valence-electron chi connectivity index (χ1n) is 22.2. The Balaban J connectivity index is 1.24. The number of aromatic nitrogens is 2. The number of rotatable bonds is 7. The lowest BCUT2D eigenvalue weighted by Gasteiger charge is -2.23. The fourth-order valence-corrected chi connectivity index (χ4v) is 9.97. The minimum atomic E-state index is -0.865. The number of halogens is 1. The topological polar surface area (TPSA) is 38.0 Å². The summed E-state index contributed by atoms with van der Waals surface area (Å²) in [6.07, 6.45) is 0. The van der Waals surface area contributed by atoms with Gasteiger partial charge in [0.2, 0.25) is 5.69 Å². The Bertz CT molecular complexity index is 3540. The number of hydrogen-bond donors (Lipinski definition) is 0. The molecule has 0 spiro atoms. The molecule has 4 nitrogen and oxygen atoms in total. The van der Waals surface area contributed by atoms with Crippen molar-refractivity contribution in [2.45, 2.75) is 0 Å². The maximum absolute atomic E-state index is 18.0. The van der Waals surface area contributed by atoms with Gasteiger partial charge in [0.15, 0.2) is 5.82 Å². The Morgan fingerprint density at radius 3 is 0.970 bits per heavy atom. The molecule has 0 bridgehead atoms. The summed E-state index contributed by atoms with van der Waals surface area (Å²) in [6, 6.07) is 78.6. The zero-order valence-electron chi connectivity index (χ0n) is 36.0. The van der Waals surface area contributed by atoms with Gasteiger partial charge in [-0.15, -0.1) is 0 Å². The molecule has 0 fully saturated rings. The molecule has 0 aliphatic carbocycles. The van der Waals surface area contributed by atoms with E-state index in [-0.39, 0.29) is 11.3 Å². The van der Waals surface area contributed by atoms with Crippen molar-refractivity contribution < 1.29 is 4.39 Å². The van der Waals surface area contributed by atoms with Gasteiger partial charge in [-0.1, -0.05) is 176 Å². The largest absolute Gasteiger partial charge is 0.318 e. The quantitative estimate of drug-likeness (QED) is 0.147. The van der Waals surface area contributed by atoms with Crippen LogP contribution in [0.4, 0.5) is 10.1 Å². The maximum atomic E-state index is 18.0. The first kappa shape index (κ1) is 39.3. The van der Waals surface area contributed by atoms with Gasteiger partial charge in [-0.2, -0.15) is 5.26 Å². The van der Waals surface area contributed by atoms with Crippen molar-refractivity contribution in [2.24, 2.45) is 0 Å². The molecule has 10 aromatic carbocycles. The van der Waals surface area contributed by atoms with E-state index in [4.69, 9.17) is 6.57 Å². The van der Waals surface area contributed by atoms with Gasteiger partial charge in [0.05, 0.1) is 40.0 Å². The van der Waals surface area contributed by atoms with Crippen molar-refractivity contribution in [1.82, 2.24) is 9.13 Å². The summed E-state index contributed by atoms with van der Waals surface area (Å²) in [7, 11) is 0. The fourth-order valence-electron chi connectivity index (χ4n) is 9.97. The van der Waals surface area contributed by atoms with Crippen molar-refractivity contribution in [1.29, 1.82) is 5.26 Å². The highest BCUT2D eigenvalue weighted by molar-refractivity contribution is 6.15. The third kappa shape index (κ3) is 6.41. The molecule has 67 heavy (non-hydrogen) atoms. The van der Waals surface area contributed by atoms with Crippen molar-refractivity contribution in [3.8, 4) is 73.1 Å². The molecule has 5 heteroatoms. The van der Waals surface area contributed by atoms with Gasteiger partial charge < -0.3 is 9.13 Å². The van der Waals surface area contributed by atoms with Crippen LogP contribution in [0.25, 0.3) is 115 Å². The summed E-state index contributed by atoms with van der Waals surface area (Å²) in [6.45, 7) is 8.74. The minimum absolute atomic E-state index is 0.204. The van der Waals surface area contributed by atoms with Crippen LogP contribution in [-0.2, 0) is 0 Å². The molecule has 0 saturated carbocycles. The van der Waals surface area contributed by atoms with Crippen LogP contribution < -0.4 is 0 Å². The van der Waals surface area contributed by atoms with Gasteiger partial charge in [0, 0.05) is 27.1 Å². The van der Waals surface area contributed by atoms with E-state index in [2.05, 4.69) is 132 Å². The fraction of sp³-hybridized carbons (Fsp3) is 0. The molecule has 312 valence electrons. The average molecular weight is 857 g/mol. The molecule has 0 atom stereocenters. The molecule has 12 rings (SSSR count). The molecule has 2 heterocycles. The van der Waals surface area contributed by atoms with Gasteiger partial charge in [0.25, 0.3) is 0 Å². The first-order valence-corrected chi connectivity index (χ1v) is 22.2. The normalized spacial score (nSPS) is 11.3. The van der Waals surface area contributed by atoms with Gasteiger partial charge in [-0.25, -0.2) is 9.24 Å². The number of fused-ring (bicyclic) bond motifs is 6. The van der Waals surface area contributed by atoms with Crippen LogP contribution in [0, 0.1) is 23.7 Å². The van der Waals surface area contributed by atoms with Crippen LogP contribution in [-0.4, -0.2) is 9.13 Å². The van der Waals surface area contributed by atoms with E-state index in [1.165, 1.54) is 0 Å². The van der Waals surface area contributed by atoms with E-state index in [0.29, 0.717) is 16.9 Å². The highest BCUT2D eigenvalue weighted by atomic mass is 19.1. The van der Waals surface area contributed by atoms with E-state index in [1.54, 1.807) is 0 Å². The highest BCUT2D eigenvalue weighted by Gasteiger charge is 2.31. The summed E-state index contributed by atoms with van der Waals surface area (Å²) in [5, 5.41) is 15.1. The molecule has 2 aromatic heterocycles. The maximum Gasteiger partial charge on any atom is 0.247 e. The van der Waals surface area contributed by atoms with Crippen LogP contribution in [0.15, 0.2) is 224 Å². The lowest BCUT2D eigenvalue weighted by Crippen LogP contribution is -2.09. The second-order valence-electron chi connectivity index (χ2n) is 16.8. The number of nitriles is 1. The molecule has 12 aromatic rings. The van der Waals surface area contributed by atoms with E-state index in [9.17, 15) is 5.26 Å². The summed E-state index contributed by atoms with van der Waals surface area (Å²) < 4.78 is 22.0. The van der Waals surface area contributed by atoms with Gasteiger partial charge in [0.1, 0.15) is 11.6 Å². The zero-order chi connectivity index (χ0) is 45.0. The second-order valence-corrected chi connectivity index (χ2v) is 16.8. The monoisotopic (exact) mass is 856 g/mol.